The number of ether oxygens (including phenoxy) is 3. The molecule has 27 heavy (non-hydrogen) atoms. The Hall–Kier alpha value is -2.12. The van der Waals surface area contributed by atoms with E-state index in [0.29, 0.717) is 19.5 Å². The standard InChI is InChI=1S/C20H27NO6/c1-13-16-10-21(20(24)26-12-14-6-4-3-5-7-14)9-8-15(16)18(19(23)25-2)17(11-22)27-13/h3-7,13,15-18,22H,8-12H2,1-2H3/t13?,15?,16?,17?,18-/m0/s1. The number of rotatable bonds is 4. The van der Waals surface area contributed by atoms with Crippen LogP contribution in [0.5, 0.6) is 0 Å². The number of methoxy groups -OCH3 is 1. The third kappa shape index (κ3) is 4.25. The largest absolute Gasteiger partial charge is 0.469 e. The lowest BCUT2D eigenvalue weighted by Crippen LogP contribution is -2.58. The summed E-state index contributed by atoms with van der Waals surface area (Å²) in [4.78, 5) is 26.4. The van der Waals surface area contributed by atoms with Gasteiger partial charge in [-0.2, -0.15) is 0 Å². The van der Waals surface area contributed by atoms with E-state index in [2.05, 4.69) is 0 Å². The zero-order chi connectivity index (χ0) is 19.4. The van der Waals surface area contributed by atoms with Crippen molar-refractivity contribution in [1.82, 2.24) is 4.90 Å². The first kappa shape index (κ1) is 19.6. The number of likely N-dealkylation sites (tertiary alicyclic amines) is 1. The Balaban J connectivity index is 1.64. The Morgan fingerprint density at radius 1 is 1.26 bits per heavy atom. The average Bonchev–Trinajstić information content (AvgIpc) is 2.71. The third-order valence-electron chi connectivity index (χ3n) is 5.68. The maximum Gasteiger partial charge on any atom is 0.410 e. The summed E-state index contributed by atoms with van der Waals surface area (Å²) >= 11 is 0. The fourth-order valence-electron chi connectivity index (χ4n) is 4.28. The van der Waals surface area contributed by atoms with E-state index in [0.717, 1.165) is 5.56 Å². The molecule has 0 saturated carbocycles. The number of aliphatic hydroxyl groups is 1. The van der Waals surface area contributed by atoms with Crippen LogP contribution >= 0.6 is 0 Å². The minimum atomic E-state index is -0.565. The number of carbonyl (C=O) groups excluding carboxylic acids is 2. The van der Waals surface area contributed by atoms with Gasteiger partial charge in [0.25, 0.3) is 0 Å². The van der Waals surface area contributed by atoms with Crippen molar-refractivity contribution in [2.24, 2.45) is 17.8 Å². The molecule has 148 valence electrons. The van der Waals surface area contributed by atoms with Crippen LogP contribution in [0.15, 0.2) is 30.3 Å². The Labute approximate surface area is 159 Å². The van der Waals surface area contributed by atoms with Crippen LogP contribution in [0.4, 0.5) is 4.79 Å². The molecule has 2 aliphatic heterocycles. The van der Waals surface area contributed by atoms with Crippen molar-refractivity contribution in [2.45, 2.75) is 32.2 Å². The van der Waals surface area contributed by atoms with Gasteiger partial charge in [-0.3, -0.25) is 4.79 Å². The van der Waals surface area contributed by atoms with E-state index >= 15 is 0 Å². The van der Waals surface area contributed by atoms with Crippen LogP contribution in [-0.4, -0.2) is 61.1 Å². The van der Waals surface area contributed by atoms with E-state index in [4.69, 9.17) is 14.2 Å². The highest BCUT2D eigenvalue weighted by Gasteiger charge is 2.50. The predicted molar refractivity (Wildman–Crippen MR) is 96.7 cm³/mol. The molecule has 7 heteroatoms. The lowest BCUT2D eigenvalue weighted by atomic mass is 9.70. The summed E-state index contributed by atoms with van der Waals surface area (Å²) < 4.78 is 16.2. The lowest BCUT2D eigenvalue weighted by molar-refractivity contribution is -0.190. The molecule has 5 atom stereocenters. The number of esters is 1. The van der Waals surface area contributed by atoms with Gasteiger partial charge in [-0.15, -0.1) is 0 Å². The van der Waals surface area contributed by atoms with Crippen molar-refractivity contribution >= 4 is 12.1 Å². The highest BCUT2D eigenvalue weighted by Crippen LogP contribution is 2.41. The molecule has 0 aliphatic carbocycles. The van der Waals surface area contributed by atoms with E-state index in [-0.39, 0.29) is 43.2 Å². The van der Waals surface area contributed by atoms with Crippen LogP contribution in [0.25, 0.3) is 0 Å². The van der Waals surface area contributed by atoms with Gasteiger partial charge >= 0.3 is 12.1 Å². The summed E-state index contributed by atoms with van der Waals surface area (Å²) in [7, 11) is 1.35. The molecule has 0 spiro atoms. The molecule has 1 amide bonds. The zero-order valence-electron chi connectivity index (χ0n) is 15.7. The molecule has 4 unspecified atom stereocenters. The molecule has 2 aliphatic rings. The molecule has 0 aromatic heterocycles. The number of amides is 1. The first-order valence-electron chi connectivity index (χ1n) is 9.35. The third-order valence-corrected chi connectivity index (χ3v) is 5.68. The van der Waals surface area contributed by atoms with Crippen LogP contribution in [0.2, 0.25) is 0 Å². The van der Waals surface area contributed by atoms with Crippen LogP contribution in [0.3, 0.4) is 0 Å². The number of fused-ring (bicyclic) bond motifs is 1. The molecule has 7 nitrogen and oxygen atoms in total. The summed E-state index contributed by atoms with van der Waals surface area (Å²) in [5, 5.41) is 9.62. The summed E-state index contributed by atoms with van der Waals surface area (Å²) in [5.41, 5.74) is 0.937. The normalized spacial score (nSPS) is 30.3. The van der Waals surface area contributed by atoms with Crippen molar-refractivity contribution in [2.75, 3.05) is 26.8 Å². The van der Waals surface area contributed by atoms with Gasteiger partial charge in [0, 0.05) is 19.0 Å². The number of piperidine rings is 1. The molecule has 2 saturated heterocycles. The quantitative estimate of drug-likeness (QED) is 0.806. The van der Waals surface area contributed by atoms with Crippen molar-refractivity contribution in [3.05, 3.63) is 35.9 Å². The molecule has 1 aromatic carbocycles. The van der Waals surface area contributed by atoms with Gasteiger partial charge < -0.3 is 24.2 Å². The van der Waals surface area contributed by atoms with Crippen molar-refractivity contribution < 1.29 is 28.9 Å². The number of hydrogen-bond acceptors (Lipinski definition) is 6. The number of aliphatic hydroxyl groups excluding tert-OH is 1. The van der Waals surface area contributed by atoms with E-state index in [1.165, 1.54) is 7.11 Å². The Kier molecular flexibility index (Phi) is 6.34. The number of benzene rings is 1. The Morgan fingerprint density at radius 2 is 2.00 bits per heavy atom. The lowest BCUT2D eigenvalue weighted by Gasteiger charge is -2.49. The molecular formula is C20H27NO6. The SMILES string of the molecule is COC(=O)[C@@H]1C(CO)OC(C)C2CN(C(=O)OCc3ccccc3)CCC21. The molecule has 0 bridgehead atoms. The van der Waals surface area contributed by atoms with Gasteiger partial charge in [0.15, 0.2) is 0 Å². The van der Waals surface area contributed by atoms with Gasteiger partial charge in [-0.25, -0.2) is 4.79 Å². The highest BCUT2D eigenvalue weighted by molar-refractivity contribution is 5.74. The molecule has 1 aromatic rings. The summed E-state index contributed by atoms with van der Waals surface area (Å²) in [5.74, 6) is -0.869. The van der Waals surface area contributed by atoms with Gasteiger partial charge in [-0.1, -0.05) is 30.3 Å². The Morgan fingerprint density at radius 3 is 2.67 bits per heavy atom. The minimum Gasteiger partial charge on any atom is -0.469 e. The first-order valence-corrected chi connectivity index (χ1v) is 9.35. The van der Waals surface area contributed by atoms with Crippen molar-refractivity contribution in [3.8, 4) is 0 Å². The summed E-state index contributed by atoms with van der Waals surface area (Å²) in [6.45, 7) is 2.90. The van der Waals surface area contributed by atoms with E-state index < -0.39 is 12.0 Å². The van der Waals surface area contributed by atoms with Gasteiger partial charge in [0.1, 0.15) is 6.61 Å². The molecule has 3 rings (SSSR count). The fourth-order valence-corrected chi connectivity index (χ4v) is 4.28. The summed E-state index contributed by atoms with van der Waals surface area (Å²) in [6.07, 6.45) is -0.443. The molecule has 2 heterocycles. The maximum atomic E-state index is 12.5. The topological polar surface area (TPSA) is 85.3 Å². The van der Waals surface area contributed by atoms with Gasteiger partial charge in [0.05, 0.1) is 31.8 Å². The van der Waals surface area contributed by atoms with Crippen molar-refractivity contribution in [3.63, 3.8) is 0 Å². The van der Waals surface area contributed by atoms with Crippen LogP contribution in [0, 0.1) is 17.8 Å². The molecule has 2 fully saturated rings. The van der Waals surface area contributed by atoms with E-state index in [9.17, 15) is 14.7 Å². The number of hydrogen-bond donors (Lipinski definition) is 1. The molecule has 0 radical (unpaired) electrons. The maximum absolute atomic E-state index is 12.5. The van der Waals surface area contributed by atoms with Gasteiger partial charge in [0.2, 0.25) is 0 Å². The summed E-state index contributed by atoms with van der Waals surface area (Å²) in [6, 6.07) is 9.54. The van der Waals surface area contributed by atoms with Crippen LogP contribution < -0.4 is 0 Å². The highest BCUT2D eigenvalue weighted by atomic mass is 16.6. The van der Waals surface area contributed by atoms with Gasteiger partial charge in [-0.05, 0) is 24.8 Å². The predicted octanol–water partition coefficient (Wildman–Crippen LogP) is 1.83. The molecule has 1 N–H and O–H groups in total. The number of nitrogens with zero attached hydrogens (tertiary/aromatic N) is 1. The smallest absolute Gasteiger partial charge is 0.410 e. The number of carbonyl (C=O) groups is 2. The van der Waals surface area contributed by atoms with Crippen LogP contribution in [-0.2, 0) is 25.6 Å². The zero-order valence-corrected chi connectivity index (χ0v) is 15.7. The fraction of sp³-hybridized carbons (Fsp3) is 0.600. The minimum absolute atomic E-state index is 0.00470. The van der Waals surface area contributed by atoms with Crippen LogP contribution in [0.1, 0.15) is 18.9 Å². The molecular weight excluding hydrogens is 350 g/mol. The second kappa shape index (κ2) is 8.71. The second-order valence-corrected chi connectivity index (χ2v) is 7.21. The average molecular weight is 377 g/mol. The first-order chi connectivity index (χ1) is 13.0. The Bertz CT molecular complexity index is 651. The van der Waals surface area contributed by atoms with Crippen molar-refractivity contribution in [1.29, 1.82) is 0 Å². The second-order valence-electron chi connectivity index (χ2n) is 7.21. The van der Waals surface area contributed by atoms with E-state index in [1.807, 2.05) is 37.3 Å². The monoisotopic (exact) mass is 377 g/mol. The van der Waals surface area contributed by atoms with E-state index in [1.54, 1.807) is 4.90 Å².